The van der Waals surface area contributed by atoms with E-state index in [0.717, 1.165) is 0 Å². The lowest BCUT2D eigenvalue weighted by Gasteiger charge is -2.44. The summed E-state index contributed by atoms with van der Waals surface area (Å²) in [5.41, 5.74) is -0.0850. The van der Waals surface area contributed by atoms with Gasteiger partial charge >= 0.3 is 0 Å². The minimum atomic E-state index is -0.346. The first-order valence-corrected chi connectivity index (χ1v) is 4.79. The lowest BCUT2D eigenvalue weighted by Crippen LogP contribution is -2.57. The van der Waals surface area contributed by atoms with Gasteiger partial charge in [0.1, 0.15) is 5.70 Å². The maximum atomic E-state index is 11.6. The van der Waals surface area contributed by atoms with Gasteiger partial charge in [-0.25, -0.2) is 0 Å². The first kappa shape index (κ1) is 11.3. The number of piperazine rings is 1. The number of amides is 1. The summed E-state index contributed by atoms with van der Waals surface area (Å²) >= 11 is 5.94. The molecule has 0 atom stereocenters. The number of aliphatic hydroxyl groups excluding tert-OH is 1. The highest BCUT2D eigenvalue weighted by Gasteiger charge is 2.39. The molecule has 0 unspecified atom stereocenters. The van der Waals surface area contributed by atoms with Crippen molar-refractivity contribution in [2.75, 3.05) is 19.7 Å². The number of nitrogens with zero attached hydrogens (tertiary/aromatic N) is 2. The quantitative estimate of drug-likeness (QED) is 0.545. The van der Waals surface area contributed by atoms with Crippen molar-refractivity contribution in [3.63, 3.8) is 0 Å². The normalized spacial score (nSPS) is 21.7. The Morgan fingerprint density at radius 3 is 2.71 bits per heavy atom. The number of carbonyl (C=O) groups is 1. The van der Waals surface area contributed by atoms with E-state index in [4.69, 9.17) is 16.9 Å². The van der Waals surface area contributed by atoms with Crippen LogP contribution >= 0.6 is 11.8 Å². The Kier molecular flexibility index (Phi) is 3.07. The van der Waals surface area contributed by atoms with Crippen LogP contribution in [0.3, 0.4) is 0 Å². The SMILES string of the molecule is C=C1C(=O)N(CCO)CC(C)(C)N1Cl. The van der Waals surface area contributed by atoms with Gasteiger partial charge in [-0.2, -0.15) is 0 Å². The maximum absolute atomic E-state index is 11.6. The summed E-state index contributed by atoms with van der Waals surface area (Å²) in [5, 5.41) is 8.79. The molecule has 0 aliphatic carbocycles. The number of hydrogen-bond acceptors (Lipinski definition) is 3. The van der Waals surface area contributed by atoms with E-state index in [-0.39, 0.29) is 23.8 Å². The van der Waals surface area contributed by atoms with E-state index < -0.39 is 0 Å². The monoisotopic (exact) mass is 218 g/mol. The molecule has 0 aromatic heterocycles. The minimum Gasteiger partial charge on any atom is -0.395 e. The summed E-state index contributed by atoms with van der Waals surface area (Å²) in [6.07, 6.45) is 0. The summed E-state index contributed by atoms with van der Waals surface area (Å²) < 4.78 is 1.36. The van der Waals surface area contributed by atoms with Crippen LogP contribution < -0.4 is 0 Å². The zero-order valence-corrected chi connectivity index (χ0v) is 9.21. The minimum absolute atomic E-state index is 0.0443. The van der Waals surface area contributed by atoms with Crippen LogP contribution in [0.25, 0.3) is 0 Å². The summed E-state index contributed by atoms with van der Waals surface area (Å²) in [6.45, 7) is 8.24. The molecular weight excluding hydrogens is 204 g/mol. The predicted octanol–water partition coefficient (Wildman–Crippen LogP) is 0.569. The summed E-state index contributed by atoms with van der Waals surface area (Å²) in [4.78, 5) is 13.2. The average Bonchev–Trinajstić information content (AvgIpc) is 2.11. The Bertz CT molecular complexity index is 266. The van der Waals surface area contributed by atoms with Gasteiger partial charge in [0.2, 0.25) is 0 Å². The number of rotatable bonds is 2. The first-order chi connectivity index (χ1) is 6.40. The molecule has 0 aromatic rings. The lowest BCUT2D eigenvalue weighted by molar-refractivity contribution is -0.133. The van der Waals surface area contributed by atoms with Crippen LogP contribution in [0.15, 0.2) is 12.3 Å². The van der Waals surface area contributed by atoms with Crippen molar-refractivity contribution in [1.29, 1.82) is 0 Å². The summed E-state index contributed by atoms with van der Waals surface area (Å²) in [5.74, 6) is -0.214. The molecule has 0 saturated carbocycles. The smallest absolute Gasteiger partial charge is 0.270 e. The lowest BCUT2D eigenvalue weighted by atomic mass is 10.0. The van der Waals surface area contributed by atoms with Crippen LogP contribution in [-0.2, 0) is 4.79 Å². The fraction of sp³-hybridized carbons (Fsp3) is 0.667. The number of aliphatic hydroxyl groups is 1. The van der Waals surface area contributed by atoms with E-state index in [0.29, 0.717) is 13.1 Å². The molecule has 1 saturated heterocycles. The molecule has 1 aliphatic heterocycles. The molecule has 0 spiro atoms. The molecule has 1 fully saturated rings. The van der Waals surface area contributed by atoms with Crippen LogP contribution in [0.4, 0.5) is 0 Å². The third-order valence-electron chi connectivity index (χ3n) is 2.25. The van der Waals surface area contributed by atoms with E-state index in [1.807, 2.05) is 13.8 Å². The molecule has 0 radical (unpaired) electrons. The van der Waals surface area contributed by atoms with Crippen molar-refractivity contribution in [1.82, 2.24) is 9.32 Å². The molecule has 14 heavy (non-hydrogen) atoms. The van der Waals surface area contributed by atoms with Crippen molar-refractivity contribution < 1.29 is 9.90 Å². The number of hydrogen-bond donors (Lipinski definition) is 1. The Balaban J connectivity index is 2.85. The van der Waals surface area contributed by atoms with Gasteiger partial charge in [0, 0.05) is 24.9 Å². The molecule has 1 rings (SSSR count). The molecule has 5 heteroatoms. The van der Waals surface area contributed by atoms with Gasteiger partial charge in [0.15, 0.2) is 0 Å². The number of halogens is 1. The van der Waals surface area contributed by atoms with E-state index in [2.05, 4.69) is 6.58 Å². The summed E-state index contributed by atoms with van der Waals surface area (Å²) in [7, 11) is 0. The van der Waals surface area contributed by atoms with Crippen LogP contribution in [0.1, 0.15) is 13.8 Å². The molecule has 1 aliphatic rings. The second kappa shape index (κ2) is 3.79. The molecule has 1 heterocycles. The second-order valence-corrected chi connectivity index (χ2v) is 4.33. The first-order valence-electron chi connectivity index (χ1n) is 4.45. The maximum Gasteiger partial charge on any atom is 0.270 e. The fourth-order valence-corrected chi connectivity index (χ4v) is 1.66. The van der Waals surface area contributed by atoms with Gasteiger partial charge in [-0.3, -0.25) is 9.21 Å². The zero-order chi connectivity index (χ0) is 10.9. The molecule has 1 N–H and O–H groups in total. The molecule has 4 nitrogen and oxygen atoms in total. The third kappa shape index (κ3) is 1.86. The van der Waals surface area contributed by atoms with Crippen molar-refractivity contribution in [2.45, 2.75) is 19.4 Å². The fourth-order valence-electron chi connectivity index (χ4n) is 1.53. The molecule has 0 aromatic carbocycles. The topological polar surface area (TPSA) is 43.8 Å². The Morgan fingerprint density at radius 2 is 2.21 bits per heavy atom. The molecular formula is C9H15ClN2O2. The van der Waals surface area contributed by atoms with Gasteiger partial charge in [-0.15, -0.1) is 0 Å². The van der Waals surface area contributed by atoms with Crippen LogP contribution in [0.5, 0.6) is 0 Å². The number of carbonyl (C=O) groups excluding carboxylic acids is 1. The Morgan fingerprint density at radius 1 is 1.64 bits per heavy atom. The van der Waals surface area contributed by atoms with Gasteiger partial charge in [-0.05, 0) is 13.8 Å². The van der Waals surface area contributed by atoms with E-state index >= 15 is 0 Å². The van der Waals surface area contributed by atoms with E-state index in [1.54, 1.807) is 4.90 Å². The highest BCUT2D eigenvalue weighted by molar-refractivity contribution is 6.18. The summed E-state index contributed by atoms with van der Waals surface area (Å²) in [6, 6.07) is 0. The van der Waals surface area contributed by atoms with Crippen molar-refractivity contribution in [3.8, 4) is 0 Å². The molecule has 0 bridgehead atoms. The highest BCUT2D eigenvalue weighted by atomic mass is 35.5. The standard InChI is InChI=1S/C9H15ClN2O2/c1-7-8(14)11(4-5-13)6-9(2,3)12(7)10/h13H,1,4-6H2,2-3H3. The van der Waals surface area contributed by atoms with Gasteiger partial charge < -0.3 is 10.0 Å². The molecule has 80 valence electrons. The van der Waals surface area contributed by atoms with E-state index in [9.17, 15) is 4.79 Å². The number of β-amino-alcohol motifs (C(OH)–C–C–N with tert-alkyl or cyclic N) is 1. The van der Waals surface area contributed by atoms with Crippen molar-refractivity contribution in [2.24, 2.45) is 0 Å². The van der Waals surface area contributed by atoms with Crippen LogP contribution in [-0.4, -0.2) is 45.6 Å². The third-order valence-corrected chi connectivity index (χ3v) is 2.91. The highest BCUT2D eigenvalue weighted by Crippen LogP contribution is 2.29. The second-order valence-electron chi connectivity index (χ2n) is 3.99. The zero-order valence-electron chi connectivity index (χ0n) is 8.46. The van der Waals surface area contributed by atoms with Gasteiger partial charge in [0.05, 0.1) is 12.1 Å². The average molecular weight is 219 g/mol. The van der Waals surface area contributed by atoms with Crippen LogP contribution in [0.2, 0.25) is 0 Å². The van der Waals surface area contributed by atoms with E-state index in [1.165, 1.54) is 4.42 Å². The Labute approximate surface area is 88.9 Å². The van der Waals surface area contributed by atoms with Crippen molar-refractivity contribution in [3.05, 3.63) is 12.3 Å². The predicted molar refractivity (Wildman–Crippen MR) is 54.6 cm³/mol. The molecule has 1 amide bonds. The van der Waals surface area contributed by atoms with Crippen LogP contribution in [0, 0.1) is 0 Å². The van der Waals surface area contributed by atoms with Gasteiger partial charge in [-0.1, -0.05) is 6.58 Å². The Hall–Kier alpha value is -0.740. The van der Waals surface area contributed by atoms with Gasteiger partial charge in [0.25, 0.3) is 5.91 Å². The largest absolute Gasteiger partial charge is 0.395 e. The van der Waals surface area contributed by atoms with Crippen molar-refractivity contribution >= 4 is 17.7 Å².